The number of methoxy groups -OCH3 is 2. The van der Waals surface area contributed by atoms with Crippen molar-refractivity contribution in [1.29, 1.82) is 0 Å². The molecule has 0 saturated heterocycles. The van der Waals surface area contributed by atoms with Gasteiger partial charge in [-0.2, -0.15) is 0 Å². The van der Waals surface area contributed by atoms with Gasteiger partial charge in [-0.25, -0.2) is 9.37 Å². The third kappa shape index (κ3) is 4.79. The van der Waals surface area contributed by atoms with E-state index in [-0.39, 0.29) is 17.5 Å². The summed E-state index contributed by atoms with van der Waals surface area (Å²) in [6.07, 6.45) is 1.65. The van der Waals surface area contributed by atoms with Gasteiger partial charge >= 0.3 is 0 Å². The summed E-state index contributed by atoms with van der Waals surface area (Å²) in [5, 5.41) is 3.41. The van der Waals surface area contributed by atoms with Gasteiger partial charge in [0.15, 0.2) is 16.7 Å². The molecule has 0 atom stereocenters. The Balaban J connectivity index is 1.57. The molecule has 140 valence electrons. The third-order valence-corrected chi connectivity index (χ3v) is 4.60. The first-order chi connectivity index (χ1) is 13.1. The molecule has 0 spiro atoms. The van der Waals surface area contributed by atoms with Crippen LogP contribution in [0.1, 0.15) is 0 Å². The number of benzene rings is 2. The maximum absolute atomic E-state index is 13.0. The summed E-state index contributed by atoms with van der Waals surface area (Å²) in [6, 6.07) is 11.3. The lowest BCUT2D eigenvalue weighted by Gasteiger charge is -2.10. The van der Waals surface area contributed by atoms with E-state index in [0.29, 0.717) is 22.3 Å². The van der Waals surface area contributed by atoms with Crippen LogP contribution in [0.3, 0.4) is 0 Å². The van der Waals surface area contributed by atoms with E-state index >= 15 is 0 Å². The minimum atomic E-state index is -0.292. The fraction of sp³-hybridized carbons (Fsp3) is 0.158. The number of hydrogen-bond donors (Lipinski definition) is 2. The fourth-order valence-corrected chi connectivity index (χ4v) is 3.05. The minimum Gasteiger partial charge on any atom is -0.493 e. The minimum absolute atomic E-state index is 0.174. The molecule has 0 aliphatic heterocycles. The largest absolute Gasteiger partial charge is 0.493 e. The molecule has 8 heteroatoms. The summed E-state index contributed by atoms with van der Waals surface area (Å²) >= 11 is 1.28. The lowest BCUT2D eigenvalue weighted by atomic mass is 10.2. The maximum Gasteiger partial charge on any atom is 0.234 e. The van der Waals surface area contributed by atoms with Crippen LogP contribution in [0.25, 0.3) is 11.3 Å². The summed E-state index contributed by atoms with van der Waals surface area (Å²) in [4.78, 5) is 19.5. The van der Waals surface area contributed by atoms with Crippen molar-refractivity contribution in [3.8, 4) is 22.8 Å². The summed E-state index contributed by atoms with van der Waals surface area (Å²) < 4.78 is 23.4. The predicted octanol–water partition coefficient (Wildman–Crippen LogP) is 3.96. The van der Waals surface area contributed by atoms with E-state index in [2.05, 4.69) is 15.3 Å². The lowest BCUT2D eigenvalue weighted by molar-refractivity contribution is -0.113. The zero-order valence-electron chi connectivity index (χ0n) is 14.8. The second kappa shape index (κ2) is 8.59. The van der Waals surface area contributed by atoms with E-state index in [9.17, 15) is 9.18 Å². The quantitative estimate of drug-likeness (QED) is 0.600. The Labute approximate surface area is 160 Å². The molecule has 27 heavy (non-hydrogen) atoms. The average molecular weight is 387 g/mol. The standard InChI is InChI=1S/C19H18FN3O3S/c1-25-16-8-7-14(9-17(16)26-2)22-18(24)11-27-19-21-10-15(23-19)12-3-5-13(20)6-4-12/h3-10H,11H2,1-2H3,(H,21,23)(H,22,24). The molecule has 0 saturated carbocycles. The van der Waals surface area contributed by atoms with Crippen LogP contribution in [-0.2, 0) is 4.79 Å². The van der Waals surface area contributed by atoms with Gasteiger partial charge in [-0.05, 0) is 42.0 Å². The molecule has 1 aromatic heterocycles. The van der Waals surface area contributed by atoms with Crippen molar-refractivity contribution in [3.63, 3.8) is 0 Å². The summed E-state index contributed by atoms with van der Waals surface area (Å²) in [5.41, 5.74) is 2.20. The molecule has 0 unspecified atom stereocenters. The smallest absolute Gasteiger partial charge is 0.234 e. The number of carbonyl (C=O) groups excluding carboxylic acids is 1. The summed E-state index contributed by atoms with van der Waals surface area (Å²) in [7, 11) is 3.09. The Morgan fingerprint density at radius 1 is 1.15 bits per heavy atom. The van der Waals surface area contributed by atoms with Crippen LogP contribution < -0.4 is 14.8 Å². The van der Waals surface area contributed by atoms with E-state index in [1.54, 1.807) is 43.6 Å². The highest BCUT2D eigenvalue weighted by Crippen LogP contribution is 2.30. The Bertz CT molecular complexity index is 928. The predicted molar refractivity (Wildman–Crippen MR) is 103 cm³/mol. The molecule has 1 amide bonds. The molecule has 3 aromatic rings. The normalized spacial score (nSPS) is 10.5. The first-order valence-electron chi connectivity index (χ1n) is 8.04. The van der Waals surface area contributed by atoms with Crippen molar-refractivity contribution >= 4 is 23.4 Å². The maximum atomic E-state index is 13.0. The molecule has 0 bridgehead atoms. The molecule has 6 nitrogen and oxygen atoms in total. The number of anilines is 1. The second-order valence-electron chi connectivity index (χ2n) is 5.52. The van der Waals surface area contributed by atoms with Crippen molar-refractivity contribution in [2.75, 3.05) is 25.3 Å². The third-order valence-electron chi connectivity index (χ3n) is 3.72. The average Bonchev–Trinajstić information content (AvgIpc) is 3.16. The van der Waals surface area contributed by atoms with Gasteiger partial charge in [0, 0.05) is 11.8 Å². The molecule has 0 aliphatic rings. The molecule has 2 aromatic carbocycles. The van der Waals surface area contributed by atoms with Gasteiger partial charge in [-0.1, -0.05) is 11.8 Å². The highest BCUT2D eigenvalue weighted by Gasteiger charge is 2.10. The van der Waals surface area contributed by atoms with Crippen molar-refractivity contribution in [3.05, 3.63) is 54.5 Å². The molecular weight excluding hydrogens is 369 g/mol. The van der Waals surface area contributed by atoms with E-state index in [1.165, 1.54) is 31.0 Å². The van der Waals surface area contributed by atoms with Crippen LogP contribution in [0.4, 0.5) is 10.1 Å². The van der Waals surface area contributed by atoms with Crippen molar-refractivity contribution in [1.82, 2.24) is 9.97 Å². The van der Waals surface area contributed by atoms with Crippen LogP contribution >= 0.6 is 11.8 Å². The van der Waals surface area contributed by atoms with Crippen LogP contribution in [-0.4, -0.2) is 35.8 Å². The fourth-order valence-electron chi connectivity index (χ4n) is 2.40. The Kier molecular flexibility index (Phi) is 5.97. The van der Waals surface area contributed by atoms with Crippen LogP contribution in [0.15, 0.2) is 53.8 Å². The zero-order valence-corrected chi connectivity index (χ0v) is 15.6. The number of imidazole rings is 1. The van der Waals surface area contributed by atoms with Crippen LogP contribution in [0.5, 0.6) is 11.5 Å². The monoisotopic (exact) mass is 387 g/mol. The number of aromatic nitrogens is 2. The van der Waals surface area contributed by atoms with Gasteiger partial charge in [0.05, 0.1) is 31.9 Å². The lowest BCUT2D eigenvalue weighted by Crippen LogP contribution is -2.14. The first-order valence-corrected chi connectivity index (χ1v) is 9.03. The van der Waals surface area contributed by atoms with Crippen molar-refractivity contribution < 1.29 is 18.7 Å². The number of thioether (sulfide) groups is 1. The molecule has 2 N–H and O–H groups in total. The van der Waals surface area contributed by atoms with Gasteiger partial charge in [0.25, 0.3) is 0 Å². The molecule has 3 rings (SSSR count). The molecule has 0 aliphatic carbocycles. The first kappa shape index (κ1) is 18.8. The second-order valence-corrected chi connectivity index (χ2v) is 6.48. The van der Waals surface area contributed by atoms with Crippen LogP contribution in [0, 0.1) is 5.82 Å². The number of rotatable bonds is 7. The molecule has 0 fully saturated rings. The Hall–Kier alpha value is -3.00. The van der Waals surface area contributed by atoms with Crippen LogP contribution in [0.2, 0.25) is 0 Å². The Morgan fingerprint density at radius 3 is 2.59 bits per heavy atom. The SMILES string of the molecule is COc1ccc(NC(=O)CSc2ncc(-c3ccc(F)cc3)[nH]2)cc1OC. The summed E-state index contributed by atoms with van der Waals surface area (Å²) in [6.45, 7) is 0. The van der Waals surface area contributed by atoms with E-state index in [0.717, 1.165) is 11.3 Å². The van der Waals surface area contributed by atoms with Gasteiger partial charge < -0.3 is 19.8 Å². The number of carbonyl (C=O) groups is 1. The van der Waals surface area contributed by atoms with Gasteiger partial charge in [-0.15, -0.1) is 0 Å². The molecule has 0 radical (unpaired) electrons. The number of H-pyrrole nitrogens is 1. The number of hydrogen-bond acceptors (Lipinski definition) is 5. The molecular formula is C19H18FN3O3S. The number of ether oxygens (including phenoxy) is 2. The number of amides is 1. The highest BCUT2D eigenvalue weighted by atomic mass is 32.2. The van der Waals surface area contributed by atoms with Gasteiger partial charge in [0.1, 0.15) is 5.82 Å². The number of nitrogens with one attached hydrogen (secondary N) is 2. The number of aromatic amines is 1. The molecule has 1 heterocycles. The zero-order chi connectivity index (χ0) is 19.2. The van der Waals surface area contributed by atoms with Gasteiger partial charge in [-0.3, -0.25) is 4.79 Å². The topological polar surface area (TPSA) is 76.2 Å². The number of halogens is 1. The van der Waals surface area contributed by atoms with Crippen molar-refractivity contribution in [2.24, 2.45) is 0 Å². The number of nitrogens with zero attached hydrogens (tertiary/aromatic N) is 1. The van der Waals surface area contributed by atoms with E-state index < -0.39 is 0 Å². The van der Waals surface area contributed by atoms with Gasteiger partial charge in [0.2, 0.25) is 5.91 Å². The van der Waals surface area contributed by atoms with E-state index in [4.69, 9.17) is 9.47 Å². The van der Waals surface area contributed by atoms with Crippen molar-refractivity contribution in [2.45, 2.75) is 5.16 Å². The van der Waals surface area contributed by atoms with E-state index in [1.807, 2.05) is 0 Å². The summed E-state index contributed by atoms with van der Waals surface area (Å²) in [5.74, 6) is 0.850. The Morgan fingerprint density at radius 2 is 1.89 bits per heavy atom. The highest BCUT2D eigenvalue weighted by molar-refractivity contribution is 7.99.